The van der Waals surface area contributed by atoms with Crippen LogP contribution < -0.4 is 0 Å². The van der Waals surface area contributed by atoms with Crippen molar-refractivity contribution < 1.29 is 22.8 Å². The number of benzene rings is 1. The lowest BCUT2D eigenvalue weighted by atomic mass is 10.2. The zero-order chi connectivity index (χ0) is 20.9. The fourth-order valence-electron chi connectivity index (χ4n) is 2.84. The highest BCUT2D eigenvalue weighted by Gasteiger charge is 2.31. The summed E-state index contributed by atoms with van der Waals surface area (Å²) < 4.78 is 30.9. The summed E-state index contributed by atoms with van der Waals surface area (Å²) in [7, 11) is -2.08. The van der Waals surface area contributed by atoms with Crippen LogP contribution in [0.5, 0.6) is 0 Å². The van der Waals surface area contributed by atoms with E-state index in [1.54, 1.807) is 13.1 Å². The number of hydrogen-bond acceptors (Lipinski definition) is 6. The van der Waals surface area contributed by atoms with Gasteiger partial charge in [0.1, 0.15) is 0 Å². The van der Waals surface area contributed by atoms with Gasteiger partial charge in [0, 0.05) is 18.7 Å². The molecule has 2 aromatic rings. The van der Waals surface area contributed by atoms with Crippen LogP contribution in [0, 0.1) is 0 Å². The highest BCUT2D eigenvalue weighted by Crippen LogP contribution is 2.19. The van der Waals surface area contributed by atoms with Gasteiger partial charge in [0.2, 0.25) is 6.41 Å². The predicted molar refractivity (Wildman–Crippen MR) is 108 cm³/mol. The monoisotopic (exact) mass is 408 g/mol. The molecule has 0 unspecified atom stereocenters. The summed E-state index contributed by atoms with van der Waals surface area (Å²) in [4.78, 5) is 21.3. The van der Waals surface area contributed by atoms with Crippen LogP contribution >= 0.6 is 0 Å². The van der Waals surface area contributed by atoms with E-state index in [1.807, 2.05) is 51.1 Å². The smallest absolute Gasteiger partial charge is 0.233 e. The Hall–Kier alpha value is -2.03. The van der Waals surface area contributed by atoms with Crippen LogP contribution in [-0.2, 0) is 30.0 Å². The number of nitrogens with zero attached hydrogens (tertiary/aromatic N) is 2. The molecule has 0 radical (unpaired) electrons. The molecule has 2 rings (SSSR count). The summed E-state index contributed by atoms with van der Waals surface area (Å²) in [6.07, 6.45) is 1.39. The van der Waals surface area contributed by atoms with Gasteiger partial charge in [0.25, 0.3) is 0 Å². The third-order valence-electron chi connectivity index (χ3n) is 4.18. The molecule has 1 amide bonds. The van der Waals surface area contributed by atoms with Crippen molar-refractivity contribution in [2.24, 2.45) is 0 Å². The summed E-state index contributed by atoms with van der Waals surface area (Å²) in [5, 5.41) is 2.00. The molecule has 0 spiro atoms. The SMILES string of the molecule is CO[C@@H](CS(=O)(=O)Cc1cnc2ccccc2c1)[C@H](C)N(C=O)OC(C)(C)C. The Morgan fingerprint density at radius 3 is 2.54 bits per heavy atom. The van der Waals surface area contributed by atoms with Crippen molar-refractivity contribution in [3.05, 3.63) is 42.1 Å². The minimum absolute atomic E-state index is 0.154. The number of carbonyl (C=O) groups excluding carboxylic acids is 1. The second-order valence-corrected chi connectivity index (χ2v) is 9.88. The first kappa shape index (κ1) is 22.3. The van der Waals surface area contributed by atoms with Crippen LogP contribution in [0.3, 0.4) is 0 Å². The Morgan fingerprint density at radius 1 is 1.25 bits per heavy atom. The molecule has 7 nitrogen and oxygen atoms in total. The van der Waals surface area contributed by atoms with Crippen LogP contribution in [0.2, 0.25) is 0 Å². The highest BCUT2D eigenvalue weighted by molar-refractivity contribution is 7.90. The lowest BCUT2D eigenvalue weighted by Crippen LogP contribution is -2.47. The summed E-state index contributed by atoms with van der Waals surface area (Å²) >= 11 is 0. The minimum atomic E-state index is -3.51. The average molecular weight is 409 g/mol. The van der Waals surface area contributed by atoms with E-state index in [-0.39, 0.29) is 11.5 Å². The number of fused-ring (bicyclic) bond motifs is 1. The molecule has 0 saturated carbocycles. The summed E-state index contributed by atoms with van der Waals surface area (Å²) in [5.74, 6) is -0.395. The van der Waals surface area contributed by atoms with E-state index >= 15 is 0 Å². The Balaban J connectivity index is 2.13. The van der Waals surface area contributed by atoms with Gasteiger partial charge in [-0.2, -0.15) is 0 Å². The van der Waals surface area contributed by atoms with Gasteiger partial charge >= 0.3 is 0 Å². The van der Waals surface area contributed by atoms with Crippen molar-refractivity contribution in [3.8, 4) is 0 Å². The highest BCUT2D eigenvalue weighted by atomic mass is 32.2. The molecule has 2 atom stereocenters. The second kappa shape index (κ2) is 8.98. The molecular weight excluding hydrogens is 380 g/mol. The first-order valence-electron chi connectivity index (χ1n) is 9.04. The first-order chi connectivity index (χ1) is 13.0. The maximum atomic E-state index is 12.8. The normalized spacial score (nSPS) is 14.6. The Bertz CT molecular complexity index is 908. The van der Waals surface area contributed by atoms with E-state index in [0.29, 0.717) is 12.0 Å². The summed E-state index contributed by atoms with van der Waals surface area (Å²) in [5.41, 5.74) is 0.829. The van der Waals surface area contributed by atoms with E-state index < -0.39 is 27.6 Å². The molecule has 0 aliphatic heterocycles. The second-order valence-electron chi connectivity index (χ2n) is 7.77. The quantitative estimate of drug-likeness (QED) is 0.468. The van der Waals surface area contributed by atoms with E-state index in [0.717, 1.165) is 16.0 Å². The fourth-order valence-corrected chi connectivity index (χ4v) is 4.54. The van der Waals surface area contributed by atoms with Gasteiger partial charge in [0.15, 0.2) is 9.84 Å². The van der Waals surface area contributed by atoms with Crippen molar-refractivity contribution in [1.29, 1.82) is 0 Å². The van der Waals surface area contributed by atoms with Crippen molar-refractivity contribution in [2.45, 2.75) is 51.2 Å². The third kappa shape index (κ3) is 6.25. The predicted octanol–water partition coefficient (Wildman–Crippen LogP) is 2.74. The number of hydroxylamine groups is 2. The number of hydrogen-bond donors (Lipinski definition) is 0. The van der Waals surface area contributed by atoms with Gasteiger partial charge in [-0.1, -0.05) is 18.2 Å². The molecule has 28 heavy (non-hydrogen) atoms. The number of sulfone groups is 1. The fraction of sp³-hybridized carbons (Fsp3) is 0.500. The molecule has 0 aliphatic rings. The zero-order valence-corrected chi connectivity index (χ0v) is 17.8. The number of pyridine rings is 1. The van der Waals surface area contributed by atoms with E-state index in [2.05, 4.69) is 4.98 Å². The van der Waals surface area contributed by atoms with E-state index in [1.165, 1.54) is 7.11 Å². The van der Waals surface area contributed by atoms with Crippen LogP contribution in [0.4, 0.5) is 0 Å². The van der Waals surface area contributed by atoms with Gasteiger partial charge in [-0.05, 0) is 45.4 Å². The number of para-hydroxylation sites is 1. The molecule has 1 aromatic heterocycles. The summed E-state index contributed by atoms with van der Waals surface area (Å²) in [6.45, 7) is 7.12. The molecule has 0 aliphatic carbocycles. The maximum Gasteiger partial charge on any atom is 0.233 e. The van der Waals surface area contributed by atoms with E-state index in [9.17, 15) is 13.2 Å². The van der Waals surface area contributed by atoms with E-state index in [4.69, 9.17) is 9.57 Å². The average Bonchev–Trinajstić information content (AvgIpc) is 2.62. The number of ether oxygens (including phenoxy) is 1. The molecular formula is C20H28N2O5S. The number of methoxy groups -OCH3 is 1. The summed E-state index contributed by atoms with van der Waals surface area (Å²) in [6, 6.07) is 8.78. The van der Waals surface area contributed by atoms with Crippen molar-refractivity contribution in [1.82, 2.24) is 10.0 Å². The van der Waals surface area contributed by atoms with Gasteiger partial charge in [-0.15, -0.1) is 0 Å². The zero-order valence-electron chi connectivity index (χ0n) is 17.0. The molecule has 1 aromatic carbocycles. The van der Waals surface area contributed by atoms with Crippen molar-refractivity contribution in [3.63, 3.8) is 0 Å². The van der Waals surface area contributed by atoms with Crippen LogP contribution in [0.1, 0.15) is 33.3 Å². The lowest BCUT2D eigenvalue weighted by molar-refractivity contribution is -0.240. The molecule has 154 valence electrons. The van der Waals surface area contributed by atoms with Crippen molar-refractivity contribution in [2.75, 3.05) is 12.9 Å². The number of amides is 1. The third-order valence-corrected chi connectivity index (χ3v) is 5.79. The van der Waals surface area contributed by atoms with Crippen molar-refractivity contribution >= 4 is 27.2 Å². The number of rotatable bonds is 9. The molecule has 1 heterocycles. The molecule has 8 heteroatoms. The lowest BCUT2D eigenvalue weighted by Gasteiger charge is -2.34. The maximum absolute atomic E-state index is 12.8. The molecule has 0 fully saturated rings. The van der Waals surface area contributed by atoms with Gasteiger partial charge < -0.3 is 4.74 Å². The van der Waals surface area contributed by atoms with Gasteiger partial charge in [-0.3, -0.25) is 14.6 Å². The van der Waals surface area contributed by atoms with Gasteiger partial charge in [0.05, 0.1) is 34.8 Å². The minimum Gasteiger partial charge on any atom is -0.378 e. The first-order valence-corrected chi connectivity index (χ1v) is 10.9. The number of carbonyl (C=O) groups is 1. The molecule has 0 bridgehead atoms. The van der Waals surface area contributed by atoms with Crippen LogP contribution in [-0.4, -0.2) is 55.5 Å². The standard InChI is InChI=1S/C20H28N2O5S/c1-15(22(14-23)27-20(2,3)4)19(26-5)13-28(24,25)12-16-10-17-8-6-7-9-18(17)21-11-16/h6-11,14-15,19H,12-13H2,1-5H3/t15-,19-/m0/s1. The van der Waals surface area contributed by atoms with Crippen LogP contribution in [0.15, 0.2) is 36.5 Å². The molecule has 0 N–H and O–H groups in total. The Morgan fingerprint density at radius 2 is 1.93 bits per heavy atom. The Kier molecular flexibility index (Phi) is 7.14. The molecule has 0 saturated heterocycles. The van der Waals surface area contributed by atoms with Crippen LogP contribution in [0.25, 0.3) is 10.9 Å². The largest absolute Gasteiger partial charge is 0.378 e. The topological polar surface area (TPSA) is 85.8 Å². The number of aromatic nitrogens is 1. The van der Waals surface area contributed by atoms with Gasteiger partial charge in [-0.25, -0.2) is 13.5 Å². The Labute approximate surface area is 166 Å².